The van der Waals surface area contributed by atoms with Crippen LogP contribution >= 0.6 is 0 Å². The molecule has 5 heteroatoms. The van der Waals surface area contributed by atoms with E-state index in [9.17, 15) is 18.0 Å². The van der Waals surface area contributed by atoms with E-state index in [-0.39, 0.29) is 11.3 Å². The molecule has 0 spiro atoms. The van der Waals surface area contributed by atoms with E-state index in [1.54, 1.807) is 24.3 Å². The average molecular weight is 290 g/mol. The second-order valence-corrected chi connectivity index (χ2v) is 4.02. The van der Waals surface area contributed by atoms with Crippen LogP contribution in [0.1, 0.15) is 15.9 Å². The number of alkyl halides is 3. The van der Waals surface area contributed by atoms with Crippen LogP contribution in [0, 0.1) is 11.8 Å². The lowest BCUT2D eigenvalue weighted by Crippen LogP contribution is -2.17. The van der Waals surface area contributed by atoms with Crippen LogP contribution in [0.4, 0.5) is 13.2 Å². The zero-order chi connectivity index (χ0) is 15.3. The van der Waals surface area contributed by atoms with Crippen molar-refractivity contribution in [2.24, 2.45) is 0 Å². The van der Waals surface area contributed by atoms with Gasteiger partial charge < -0.3 is 4.74 Å². The van der Waals surface area contributed by atoms with Crippen LogP contribution in [0.3, 0.4) is 0 Å². The Kier molecular flexibility index (Phi) is 4.29. The molecule has 2 rings (SSSR count). The highest BCUT2D eigenvalue weighted by Crippen LogP contribution is 2.22. The summed E-state index contributed by atoms with van der Waals surface area (Å²) >= 11 is 0. The fourth-order valence-electron chi connectivity index (χ4n) is 1.53. The first kappa shape index (κ1) is 14.7. The van der Waals surface area contributed by atoms with Crippen molar-refractivity contribution in [2.45, 2.75) is 6.36 Å². The van der Waals surface area contributed by atoms with Crippen LogP contribution in [0.5, 0.6) is 5.75 Å². The molecular formula is C16H9F3O2. The van der Waals surface area contributed by atoms with Crippen molar-refractivity contribution >= 4 is 5.78 Å². The number of carbonyl (C=O) groups is 1. The fraction of sp³-hybridized carbons (Fsp3) is 0.0625. The Labute approximate surface area is 119 Å². The number of ether oxygens (including phenoxy) is 1. The molecule has 2 nitrogen and oxygen atoms in total. The third kappa shape index (κ3) is 4.69. The summed E-state index contributed by atoms with van der Waals surface area (Å²) in [5, 5.41) is 0. The van der Waals surface area contributed by atoms with Crippen LogP contribution < -0.4 is 4.74 Å². The third-order valence-electron chi connectivity index (χ3n) is 2.44. The molecule has 0 N–H and O–H groups in total. The SMILES string of the molecule is O=C(C#Cc1ccccc1)c1ccc(OC(F)(F)F)cc1. The molecule has 106 valence electrons. The van der Waals surface area contributed by atoms with Gasteiger partial charge in [-0.15, -0.1) is 13.2 Å². The Morgan fingerprint density at radius 3 is 2.14 bits per heavy atom. The molecular weight excluding hydrogens is 281 g/mol. The van der Waals surface area contributed by atoms with Gasteiger partial charge in [0.2, 0.25) is 5.78 Å². The van der Waals surface area contributed by atoms with Crippen molar-refractivity contribution in [1.82, 2.24) is 0 Å². The highest BCUT2D eigenvalue weighted by molar-refractivity contribution is 6.09. The maximum atomic E-state index is 12.0. The van der Waals surface area contributed by atoms with Crippen LogP contribution in [0.25, 0.3) is 0 Å². The maximum absolute atomic E-state index is 12.0. The number of hydrogen-bond acceptors (Lipinski definition) is 2. The topological polar surface area (TPSA) is 26.3 Å². The van der Waals surface area contributed by atoms with E-state index in [0.29, 0.717) is 5.56 Å². The van der Waals surface area contributed by atoms with Gasteiger partial charge in [-0.1, -0.05) is 24.1 Å². The molecule has 0 aliphatic heterocycles. The lowest BCUT2D eigenvalue weighted by Gasteiger charge is -2.08. The van der Waals surface area contributed by atoms with Gasteiger partial charge in [-0.2, -0.15) is 0 Å². The van der Waals surface area contributed by atoms with Crippen molar-refractivity contribution in [3.63, 3.8) is 0 Å². The Hall–Kier alpha value is -2.74. The molecule has 0 saturated carbocycles. The number of carbonyl (C=O) groups excluding carboxylic acids is 1. The maximum Gasteiger partial charge on any atom is 0.573 e. The van der Waals surface area contributed by atoms with E-state index >= 15 is 0 Å². The van der Waals surface area contributed by atoms with Crippen LogP contribution in [0.2, 0.25) is 0 Å². The third-order valence-corrected chi connectivity index (χ3v) is 2.44. The summed E-state index contributed by atoms with van der Waals surface area (Å²) in [7, 11) is 0. The largest absolute Gasteiger partial charge is 0.573 e. The molecule has 0 amide bonds. The van der Waals surface area contributed by atoms with Gasteiger partial charge in [-0.25, -0.2) is 0 Å². The number of halogens is 3. The fourth-order valence-corrected chi connectivity index (χ4v) is 1.53. The number of Topliss-reactive ketones (excluding diaryl/α,β-unsaturated/α-hetero) is 1. The molecule has 0 fully saturated rings. The monoisotopic (exact) mass is 290 g/mol. The summed E-state index contributed by atoms with van der Waals surface area (Å²) in [6, 6.07) is 13.5. The average Bonchev–Trinajstić information content (AvgIpc) is 2.45. The molecule has 0 saturated heterocycles. The van der Waals surface area contributed by atoms with Crippen LogP contribution in [-0.4, -0.2) is 12.1 Å². The molecule has 2 aromatic carbocycles. The smallest absolute Gasteiger partial charge is 0.406 e. The summed E-state index contributed by atoms with van der Waals surface area (Å²) in [4.78, 5) is 11.8. The zero-order valence-corrected chi connectivity index (χ0v) is 10.6. The minimum absolute atomic E-state index is 0.202. The van der Waals surface area contributed by atoms with E-state index in [0.717, 1.165) is 12.1 Å². The second kappa shape index (κ2) is 6.14. The van der Waals surface area contributed by atoms with Crippen molar-refractivity contribution < 1.29 is 22.7 Å². The van der Waals surface area contributed by atoms with Gasteiger partial charge in [0.15, 0.2) is 0 Å². The second-order valence-electron chi connectivity index (χ2n) is 4.02. The van der Waals surface area contributed by atoms with Gasteiger partial charge in [0, 0.05) is 11.1 Å². The van der Waals surface area contributed by atoms with Gasteiger partial charge in [-0.3, -0.25) is 4.79 Å². The van der Waals surface area contributed by atoms with Gasteiger partial charge >= 0.3 is 6.36 Å². The van der Waals surface area contributed by atoms with E-state index < -0.39 is 12.1 Å². The number of hydrogen-bond donors (Lipinski definition) is 0. The van der Waals surface area contributed by atoms with E-state index in [1.165, 1.54) is 12.1 Å². The summed E-state index contributed by atoms with van der Waals surface area (Å²) in [5.41, 5.74) is 0.885. The molecule has 0 unspecified atom stereocenters. The van der Waals surface area contributed by atoms with Crippen LogP contribution in [0.15, 0.2) is 54.6 Å². The quantitative estimate of drug-likeness (QED) is 0.621. The minimum Gasteiger partial charge on any atom is -0.406 e. The van der Waals surface area contributed by atoms with Gasteiger partial charge in [-0.05, 0) is 42.3 Å². The van der Waals surface area contributed by atoms with Gasteiger partial charge in [0.05, 0.1) is 0 Å². The van der Waals surface area contributed by atoms with Gasteiger partial charge in [0.1, 0.15) is 5.75 Å². The highest BCUT2D eigenvalue weighted by atomic mass is 19.4. The summed E-state index contributed by atoms with van der Waals surface area (Å²) in [5.74, 6) is 4.26. The molecule has 21 heavy (non-hydrogen) atoms. The van der Waals surface area contributed by atoms with E-state index in [2.05, 4.69) is 16.6 Å². The molecule has 0 aliphatic carbocycles. The molecule has 0 heterocycles. The predicted octanol–water partition coefficient (Wildman–Crippen LogP) is 3.82. The molecule has 0 atom stereocenters. The van der Waals surface area contributed by atoms with Crippen molar-refractivity contribution in [1.29, 1.82) is 0 Å². The van der Waals surface area contributed by atoms with Crippen molar-refractivity contribution in [2.75, 3.05) is 0 Å². The Balaban J connectivity index is 2.09. The lowest BCUT2D eigenvalue weighted by atomic mass is 10.1. The Bertz CT molecular complexity index is 677. The molecule has 0 bridgehead atoms. The van der Waals surface area contributed by atoms with E-state index in [1.807, 2.05) is 6.07 Å². The van der Waals surface area contributed by atoms with Crippen molar-refractivity contribution in [3.05, 3.63) is 65.7 Å². The number of benzene rings is 2. The lowest BCUT2D eigenvalue weighted by molar-refractivity contribution is -0.274. The standard InChI is InChI=1S/C16H9F3O2/c17-16(18,19)21-14-9-7-13(8-10-14)15(20)11-6-12-4-2-1-3-5-12/h1-5,7-10H. The first-order valence-electron chi connectivity index (χ1n) is 5.91. The first-order valence-corrected chi connectivity index (χ1v) is 5.91. The van der Waals surface area contributed by atoms with Crippen LogP contribution in [-0.2, 0) is 0 Å². The number of ketones is 1. The van der Waals surface area contributed by atoms with Crippen molar-refractivity contribution in [3.8, 4) is 17.6 Å². The van der Waals surface area contributed by atoms with Gasteiger partial charge in [0.25, 0.3) is 0 Å². The minimum atomic E-state index is -4.75. The predicted molar refractivity (Wildman–Crippen MR) is 70.8 cm³/mol. The zero-order valence-electron chi connectivity index (χ0n) is 10.6. The highest BCUT2D eigenvalue weighted by Gasteiger charge is 2.30. The number of rotatable bonds is 2. The molecule has 2 aromatic rings. The molecule has 0 aliphatic rings. The Morgan fingerprint density at radius 2 is 1.57 bits per heavy atom. The normalized spacial score (nSPS) is 10.4. The Morgan fingerprint density at radius 1 is 0.952 bits per heavy atom. The first-order chi connectivity index (χ1) is 9.94. The summed E-state index contributed by atoms with van der Waals surface area (Å²) < 4.78 is 39.7. The molecule has 0 radical (unpaired) electrons. The van der Waals surface area contributed by atoms with E-state index in [4.69, 9.17) is 0 Å². The molecule has 0 aromatic heterocycles. The summed E-state index contributed by atoms with van der Waals surface area (Å²) in [6.45, 7) is 0. The summed E-state index contributed by atoms with van der Waals surface area (Å²) in [6.07, 6.45) is -4.75.